The van der Waals surface area contributed by atoms with Crippen LogP contribution in [0.3, 0.4) is 0 Å². The van der Waals surface area contributed by atoms with Crippen LogP contribution in [0.4, 0.5) is 0 Å². The first kappa shape index (κ1) is 19.2. The zero-order chi connectivity index (χ0) is 15.1. The van der Waals surface area contributed by atoms with Crippen LogP contribution in [0, 0.1) is 0 Å². The number of hydrogen-bond donors (Lipinski definition) is 2. The van der Waals surface area contributed by atoms with E-state index in [1.807, 2.05) is 6.07 Å². The lowest BCUT2D eigenvalue weighted by molar-refractivity contribution is 0.105. The SMILES string of the molecule is CN=C(NCCC1CCCO1)NCc1cc(C(C)C)no1.I. The van der Waals surface area contributed by atoms with Crippen molar-refractivity contribution in [3.63, 3.8) is 0 Å². The quantitative estimate of drug-likeness (QED) is 0.419. The first-order chi connectivity index (χ1) is 10.2. The van der Waals surface area contributed by atoms with E-state index >= 15 is 0 Å². The molecule has 1 fully saturated rings. The summed E-state index contributed by atoms with van der Waals surface area (Å²) in [4.78, 5) is 4.20. The maximum absolute atomic E-state index is 5.60. The third kappa shape index (κ3) is 6.12. The number of nitrogens with one attached hydrogen (secondary N) is 2. The molecule has 1 saturated heterocycles. The molecule has 1 aromatic heterocycles. The molecule has 1 aliphatic rings. The molecule has 0 saturated carbocycles. The molecule has 6 nitrogen and oxygen atoms in total. The van der Waals surface area contributed by atoms with E-state index in [2.05, 4.69) is 34.6 Å². The average Bonchev–Trinajstić information content (AvgIpc) is 3.13. The molecule has 1 unspecified atom stereocenters. The second-order valence-electron chi connectivity index (χ2n) is 5.65. The zero-order valence-electron chi connectivity index (χ0n) is 13.6. The van der Waals surface area contributed by atoms with Gasteiger partial charge in [-0.05, 0) is 25.2 Å². The van der Waals surface area contributed by atoms with Gasteiger partial charge in [-0.25, -0.2) is 0 Å². The Balaban J connectivity index is 0.00000242. The van der Waals surface area contributed by atoms with Crippen molar-refractivity contribution >= 4 is 29.9 Å². The summed E-state index contributed by atoms with van der Waals surface area (Å²) in [6.45, 7) is 6.54. The number of guanidine groups is 1. The topological polar surface area (TPSA) is 71.7 Å². The largest absolute Gasteiger partial charge is 0.378 e. The summed E-state index contributed by atoms with van der Waals surface area (Å²) in [5.74, 6) is 1.97. The van der Waals surface area contributed by atoms with Crippen LogP contribution in [0.15, 0.2) is 15.6 Å². The van der Waals surface area contributed by atoms with Gasteiger partial charge in [-0.15, -0.1) is 24.0 Å². The fourth-order valence-electron chi connectivity index (χ4n) is 2.30. The van der Waals surface area contributed by atoms with E-state index < -0.39 is 0 Å². The lowest BCUT2D eigenvalue weighted by Crippen LogP contribution is -2.38. The Labute approximate surface area is 149 Å². The summed E-state index contributed by atoms with van der Waals surface area (Å²) in [6.07, 6.45) is 3.77. The highest BCUT2D eigenvalue weighted by atomic mass is 127. The Morgan fingerprint density at radius 1 is 1.45 bits per heavy atom. The second kappa shape index (κ2) is 10.0. The van der Waals surface area contributed by atoms with Crippen LogP contribution in [0.2, 0.25) is 0 Å². The predicted octanol–water partition coefficient (Wildman–Crippen LogP) is 2.65. The average molecular weight is 422 g/mol. The molecule has 0 aliphatic carbocycles. The first-order valence-electron chi connectivity index (χ1n) is 7.70. The van der Waals surface area contributed by atoms with Crippen LogP contribution in [-0.4, -0.2) is 37.4 Å². The third-order valence-corrected chi connectivity index (χ3v) is 3.61. The van der Waals surface area contributed by atoms with Crippen molar-refractivity contribution in [2.24, 2.45) is 4.99 Å². The molecule has 1 aliphatic heterocycles. The normalized spacial score (nSPS) is 18.4. The Kier molecular flexibility index (Phi) is 8.77. The van der Waals surface area contributed by atoms with Crippen molar-refractivity contribution in [2.75, 3.05) is 20.2 Å². The molecular weight excluding hydrogens is 395 g/mol. The van der Waals surface area contributed by atoms with Crippen molar-refractivity contribution in [1.82, 2.24) is 15.8 Å². The van der Waals surface area contributed by atoms with Crippen LogP contribution >= 0.6 is 24.0 Å². The fraction of sp³-hybridized carbons (Fsp3) is 0.733. The lowest BCUT2D eigenvalue weighted by atomic mass is 10.1. The van der Waals surface area contributed by atoms with Crippen molar-refractivity contribution in [3.8, 4) is 0 Å². The smallest absolute Gasteiger partial charge is 0.191 e. The lowest BCUT2D eigenvalue weighted by Gasteiger charge is -2.13. The van der Waals surface area contributed by atoms with Gasteiger partial charge in [0.15, 0.2) is 11.7 Å². The molecule has 0 bridgehead atoms. The maximum Gasteiger partial charge on any atom is 0.191 e. The van der Waals surface area contributed by atoms with Gasteiger partial charge in [0.05, 0.1) is 18.3 Å². The molecule has 1 aromatic rings. The fourth-order valence-corrected chi connectivity index (χ4v) is 2.30. The van der Waals surface area contributed by atoms with Crippen molar-refractivity contribution < 1.29 is 9.26 Å². The van der Waals surface area contributed by atoms with Crippen molar-refractivity contribution in [2.45, 2.75) is 51.7 Å². The summed E-state index contributed by atoms with van der Waals surface area (Å²) in [6, 6.07) is 1.98. The molecule has 2 rings (SSSR count). The minimum atomic E-state index is 0. The van der Waals surface area contributed by atoms with Gasteiger partial charge in [0.1, 0.15) is 0 Å². The highest BCUT2D eigenvalue weighted by Crippen LogP contribution is 2.14. The number of aliphatic imine (C=N–C) groups is 1. The van der Waals surface area contributed by atoms with E-state index in [0.717, 1.165) is 37.0 Å². The van der Waals surface area contributed by atoms with E-state index in [-0.39, 0.29) is 24.0 Å². The van der Waals surface area contributed by atoms with Gasteiger partial charge >= 0.3 is 0 Å². The number of hydrogen-bond acceptors (Lipinski definition) is 4. The van der Waals surface area contributed by atoms with Gasteiger partial charge in [0.25, 0.3) is 0 Å². The minimum Gasteiger partial charge on any atom is -0.378 e. The highest BCUT2D eigenvalue weighted by Gasteiger charge is 2.15. The Bertz CT molecular complexity index is 456. The highest BCUT2D eigenvalue weighted by molar-refractivity contribution is 14.0. The van der Waals surface area contributed by atoms with Gasteiger partial charge in [-0.1, -0.05) is 19.0 Å². The van der Waals surface area contributed by atoms with Crippen LogP contribution in [0.1, 0.15) is 50.5 Å². The minimum absolute atomic E-state index is 0. The van der Waals surface area contributed by atoms with Gasteiger partial charge in [0.2, 0.25) is 0 Å². The molecule has 0 aromatic carbocycles. The van der Waals surface area contributed by atoms with E-state index in [4.69, 9.17) is 9.26 Å². The number of nitrogens with zero attached hydrogens (tertiary/aromatic N) is 2. The second-order valence-corrected chi connectivity index (χ2v) is 5.65. The van der Waals surface area contributed by atoms with Crippen LogP contribution < -0.4 is 10.6 Å². The van der Waals surface area contributed by atoms with Gasteiger partial charge < -0.3 is 19.9 Å². The van der Waals surface area contributed by atoms with E-state index in [1.54, 1.807) is 7.05 Å². The first-order valence-corrected chi connectivity index (χ1v) is 7.70. The number of ether oxygens (including phenoxy) is 1. The Morgan fingerprint density at radius 3 is 2.86 bits per heavy atom. The van der Waals surface area contributed by atoms with Gasteiger partial charge in [0, 0.05) is 26.3 Å². The van der Waals surface area contributed by atoms with Crippen molar-refractivity contribution in [1.29, 1.82) is 0 Å². The van der Waals surface area contributed by atoms with Crippen LogP contribution in [0.25, 0.3) is 0 Å². The van der Waals surface area contributed by atoms with Gasteiger partial charge in [-0.2, -0.15) is 0 Å². The van der Waals surface area contributed by atoms with Crippen molar-refractivity contribution in [3.05, 3.63) is 17.5 Å². The Hall–Kier alpha value is -0.830. The zero-order valence-corrected chi connectivity index (χ0v) is 15.9. The van der Waals surface area contributed by atoms with E-state index in [0.29, 0.717) is 18.6 Å². The van der Waals surface area contributed by atoms with Crippen LogP contribution in [-0.2, 0) is 11.3 Å². The summed E-state index contributed by atoms with van der Waals surface area (Å²) >= 11 is 0. The number of aromatic nitrogens is 1. The molecule has 2 heterocycles. The molecule has 0 spiro atoms. The molecular formula is C15H27IN4O2. The summed E-state index contributed by atoms with van der Waals surface area (Å²) in [7, 11) is 1.77. The summed E-state index contributed by atoms with van der Waals surface area (Å²) in [5, 5.41) is 10.6. The predicted molar refractivity (Wildman–Crippen MR) is 97.8 cm³/mol. The van der Waals surface area contributed by atoms with Crippen LogP contribution in [0.5, 0.6) is 0 Å². The standard InChI is InChI=1S/C15H26N4O2.HI/c1-11(2)14-9-13(21-19-14)10-18-15(16-3)17-7-6-12-5-4-8-20-12;/h9,11-12H,4-8,10H2,1-3H3,(H2,16,17,18);1H. The molecule has 1 atom stereocenters. The third-order valence-electron chi connectivity index (χ3n) is 3.61. The Morgan fingerprint density at radius 2 is 2.27 bits per heavy atom. The molecule has 7 heteroatoms. The number of rotatable bonds is 6. The summed E-state index contributed by atoms with van der Waals surface area (Å²) < 4.78 is 10.9. The summed E-state index contributed by atoms with van der Waals surface area (Å²) in [5.41, 5.74) is 0.980. The molecule has 2 N–H and O–H groups in total. The van der Waals surface area contributed by atoms with Gasteiger partial charge in [-0.3, -0.25) is 4.99 Å². The molecule has 0 amide bonds. The molecule has 22 heavy (non-hydrogen) atoms. The number of halogens is 1. The van der Waals surface area contributed by atoms with E-state index in [1.165, 1.54) is 12.8 Å². The molecule has 126 valence electrons. The molecule has 0 radical (unpaired) electrons. The monoisotopic (exact) mass is 422 g/mol. The van der Waals surface area contributed by atoms with E-state index in [9.17, 15) is 0 Å². The maximum atomic E-state index is 5.60.